The molecule has 84 valence electrons. The molecule has 0 saturated heterocycles. The molecule has 1 atom stereocenters. The van der Waals surface area contributed by atoms with Gasteiger partial charge in [0.25, 0.3) is 0 Å². The Kier molecular flexibility index (Phi) is 4.13. The van der Waals surface area contributed by atoms with Crippen LogP contribution in [-0.2, 0) is 0 Å². The topological polar surface area (TPSA) is 9.23 Å². The Bertz CT molecular complexity index is 320. The number of hydrogen-bond acceptors (Lipinski definition) is 1. The first-order valence-corrected chi connectivity index (χ1v) is 5.50. The summed E-state index contributed by atoms with van der Waals surface area (Å²) >= 11 is 0. The van der Waals surface area contributed by atoms with Gasteiger partial charge in [-0.2, -0.15) is 0 Å². The van der Waals surface area contributed by atoms with Crippen molar-refractivity contribution in [2.45, 2.75) is 46.1 Å². The normalized spacial score (nSPS) is 12.9. The summed E-state index contributed by atoms with van der Waals surface area (Å²) in [5, 5.41) is 0. The fraction of sp³-hybridized carbons (Fsp3) is 0.538. The van der Waals surface area contributed by atoms with Crippen molar-refractivity contribution in [3.8, 4) is 5.75 Å². The van der Waals surface area contributed by atoms with Crippen molar-refractivity contribution in [2.24, 2.45) is 0 Å². The van der Waals surface area contributed by atoms with Crippen LogP contribution in [0.15, 0.2) is 18.2 Å². The van der Waals surface area contributed by atoms with Crippen molar-refractivity contribution < 1.29 is 9.13 Å². The van der Waals surface area contributed by atoms with E-state index < -0.39 is 0 Å². The Balaban J connectivity index is 2.88. The van der Waals surface area contributed by atoms with Gasteiger partial charge in [0.1, 0.15) is 11.6 Å². The zero-order valence-electron chi connectivity index (χ0n) is 9.88. The third-order valence-corrected chi connectivity index (χ3v) is 2.49. The zero-order valence-corrected chi connectivity index (χ0v) is 9.88. The lowest BCUT2D eigenvalue weighted by Gasteiger charge is -2.13. The third-order valence-electron chi connectivity index (χ3n) is 2.49. The Morgan fingerprint density at radius 3 is 2.40 bits per heavy atom. The van der Waals surface area contributed by atoms with E-state index in [9.17, 15) is 4.39 Å². The first kappa shape index (κ1) is 12.0. The Morgan fingerprint density at radius 1 is 1.27 bits per heavy atom. The number of benzene rings is 1. The average Bonchev–Trinajstić information content (AvgIpc) is 2.16. The first-order chi connectivity index (χ1) is 7.04. The largest absolute Gasteiger partial charge is 0.491 e. The Labute approximate surface area is 91.3 Å². The van der Waals surface area contributed by atoms with E-state index in [0.29, 0.717) is 5.75 Å². The van der Waals surface area contributed by atoms with E-state index in [-0.39, 0.29) is 17.8 Å². The molecule has 0 spiro atoms. The van der Waals surface area contributed by atoms with Gasteiger partial charge in [0.2, 0.25) is 0 Å². The fourth-order valence-electron chi connectivity index (χ4n) is 1.47. The van der Waals surface area contributed by atoms with Crippen LogP contribution in [-0.4, -0.2) is 6.10 Å². The van der Waals surface area contributed by atoms with Gasteiger partial charge >= 0.3 is 0 Å². The van der Waals surface area contributed by atoms with Crippen LogP contribution >= 0.6 is 0 Å². The molecule has 0 heterocycles. The molecule has 1 rings (SSSR count). The molecule has 0 aliphatic heterocycles. The van der Waals surface area contributed by atoms with Crippen molar-refractivity contribution in [1.29, 1.82) is 0 Å². The molecular formula is C13H19FO. The number of halogens is 1. The van der Waals surface area contributed by atoms with Crippen LogP contribution in [0.25, 0.3) is 0 Å². The minimum Gasteiger partial charge on any atom is -0.491 e. The van der Waals surface area contributed by atoms with Crippen LogP contribution in [0.3, 0.4) is 0 Å². The molecule has 0 N–H and O–H groups in total. The van der Waals surface area contributed by atoms with Crippen molar-refractivity contribution in [2.75, 3.05) is 0 Å². The van der Waals surface area contributed by atoms with E-state index in [4.69, 9.17) is 4.74 Å². The molecule has 0 radical (unpaired) electrons. The summed E-state index contributed by atoms with van der Waals surface area (Å²) in [6.45, 7) is 7.95. The fourth-order valence-corrected chi connectivity index (χ4v) is 1.47. The quantitative estimate of drug-likeness (QED) is 0.726. The van der Waals surface area contributed by atoms with E-state index >= 15 is 0 Å². The molecule has 0 amide bonds. The lowest BCUT2D eigenvalue weighted by molar-refractivity contribution is 0.241. The SMILES string of the molecule is CCC(C)c1ccc(OC(C)C)cc1F. The third kappa shape index (κ3) is 3.22. The van der Waals surface area contributed by atoms with Gasteiger partial charge < -0.3 is 4.74 Å². The van der Waals surface area contributed by atoms with Gasteiger partial charge in [-0.25, -0.2) is 4.39 Å². The summed E-state index contributed by atoms with van der Waals surface area (Å²) in [6, 6.07) is 5.13. The van der Waals surface area contributed by atoms with E-state index in [1.54, 1.807) is 0 Å². The monoisotopic (exact) mass is 210 g/mol. The van der Waals surface area contributed by atoms with Gasteiger partial charge in [-0.05, 0) is 37.8 Å². The maximum absolute atomic E-state index is 13.7. The Hall–Kier alpha value is -1.05. The van der Waals surface area contributed by atoms with Crippen molar-refractivity contribution in [1.82, 2.24) is 0 Å². The second-order valence-electron chi connectivity index (χ2n) is 4.16. The number of hydrogen-bond donors (Lipinski definition) is 0. The maximum Gasteiger partial charge on any atom is 0.130 e. The van der Waals surface area contributed by atoms with Gasteiger partial charge in [0, 0.05) is 6.07 Å². The van der Waals surface area contributed by atoms with E-state index in [2.05, 4.69) is 6.92 Å². The van der Waals surface area contributed by atoms with Crippen LogP contribution in [0.2, 0.25) is 0 Å². The van der Waals surface area contributed by atoms with E-state index in [1.807, 2.05) is 32.9 Å². The summed E-state index contributed by atoms with van der Waals surface area (Å²) in [6.07, 6.45) is 1.03. The molecule has 0 saturated carbocycles. The molecule has 0 bridgehead atoms. The highest BCUT2D eigenvalue weighted by Gasteiger charge is 2.10. The maximum atomic E-state index is 13.7. The molecule has 15 heavy (non-hydrogen) atoms. The highest BCUT2D eigenvalue weighted by atomic mass is 19.1. The lowest BCUT2D eigenvalue weighted by atomic mass is 9.98. The summed E-state index contributed by atoms with van der Waals surface area (Å²) < 4.78 is 19.1. The molecule has 0 aromatic heterocycles. The predicted molar refractivity (Wildman–Crippen MR) is 60.9 cm³/mol. The van der Waals surface area contributed by atoms with Crippen molar-refractivity contribution in [3.63, 3.8) is 0 Å². The van der Waals surface area contributed by atoms with Gasteiger partial charge in [-0.15, -0.1) is 0 Å². The second-order valence-corrected chi connectivity index (χ2v) is 4.16. The minimum atomic E-state index is -0.164. The summed E-state index contributed by atoms with van der Waals surface area (Å²) in [4.78, 5) is 0. The molecular weight excluding hydrogens is 191 g/mol. The van der Waals surface area contributed by atoms with E-state index in [0.717, 1.165) is 12.0 Å². The zero-order chi connectivity index (χ0) is 11.4. The number of ether oxygens (including phenoxy) is 1. The highest BCUT2D eigenvalue weighted by Crippen LogP contribution is 2.25. The van der Waals surface area contributed by atoms with E-state index in [1.165, 1.54) is 6.07 Å². The second kappa shape index (κ2) is 5.15. The lowest BCUT2D eigenvalue weighted by Crippen LogP contribution is -2.06. The minimum absolute atomic E-state index is 0.0823. The molecule has 1 aromatic rings. The summed E-state index contributed by atoms with van der Waals surface area (Å²) in [5.74, 6) is 0.704. The smallest absolute Gasteiger partial charge is 0.130 e. The summed E-state index contributed by atoms with van der Waals surface area (Å²) in [7, 11) is 0. The standard InChI is InChI=1S/C13H19FO/c1-5-10(4)12-7-6-11(8-13(12)14)15-9(2)3/h6-10H,5H2,1-4H3. The van der Waals surface area contributed by atoms with Crippen molar-refractivity contribution in [3.05, 3.63) is 29.6 Å². The van der Waals surface area contributed by atoms with Crippen molar-refractivity contribution >= 4 is 0 Å². The molecule has 1 aromatic carbocycles. The van der Waals surface area contributed by atoms with Crippen LogP contribution in [0, 0.1) is 5.82 Å². The number of rotatable bonds is 4. The van der Waals surface area contributed by atoms with Crippen LogP contribution in [0.5, 0.6) is 5.75 Å². The average molecular weight is 210 g/mol. The molecule has 2 heteroatoms. The molecule has 1 unspecified atom stereocenters. The van der Waals surface area contributed by atoms with Gasteiger partial charge in [-0.1, -0.05) is 19.9 Å². The van der Waals surface area contributed by atoms with Crippen LogP contribution in [0.4, 0.5) is 4.39 Å². The Morgan fingerprint density at radius 2 is 1.93 bits per heavy atom. The van der Waals surface area contributed by atoms with Gasteiger partial charge in [0.15, 0.2) is 0 Å². The van der Waals surface area contributed by atoms with Gasteiger partial charge in [-0.3, -0.25) is 0 Å². The van der Waals surface area contributed by atoms with Crippen LogP contribution in [0.1, 0.15) is 45.6 Å². The molecule has 0 aliphatic carbocycles. The highest BCUT2D eigenvalue weighted by molar-refractivity contribution is 5.30. The first-order valence-electron chi connectivity index (χ1n) is 5.50. The van der Waals surface area contributed by atoms with Gasteiger partial charge in [0.05, 0.1) is 6.10 Å². The van der Waals surface area contributed by atoms with Crippen LogP contribution < -0.4 is 4.74 Å². The molecule has 0 aliphatic rings. The summed E-state index contributed by atoms with van der Waals surface area (Å²) in [5.41, 5.74) is 0.772. The molecule has 1 nitrogen and oxygen atoms in total. The molecule has 0 fully saturated rings. The predicted octanol–water partition coefficient (Wildman–Crippen LogP) is 4.13.